The molecule has 0 amide bonds. The van der Waals surface area contributed by atoms with Crippen LogP contribution < -0.4 is 10.6 Å². The summed E-state index contributed by atoms with van der Waals surface area (Å²) in [6.45, 7) is 7.79. The van der Waals surface area contributed by atoms with Crippen molar-refractivity contribution in [3.63, 3.8) is 0 Å². The molecule has 0 saturated heterocycles. The van der Waals surface area contributed by atoms with Gasteiger partial charge in [-0.25, -0.2) is 0 Å². The Kier molecular flexibility index (Phi) is 5.27. The van der Waals surface area contributed by atoms with Crippen LogP contribution >= 0.6 is 23.4 Å². The number of nitrogens with one attached hydrogen (secondary N) is 2. The summed E-state index contributed by atoms with van der Waals surface area (Å²) >= 11 is 7.60. The van der Waals surface area contributed by atoms with Gasteiger partial charge < -0.3 is 10.6 Å². The molecule has 96 valence electrons. The second kappa shape index (κ2) is 6.26. The van der Waals surface area contributed by atoms with Gasteiger partial charge in [0.15, 0.2) is 0 Å². The fourth-order valence-electron chi connectivity index (χ4n) is 1.03. The summed E-state index contributed by atoms with van der Waals surface area (Å²) in [7, 11) is 0. The Morgan fingerprint density at radius 1 is 1.18 bits per heavy atom. The molecule has 1 heterocycles. The van der Waals surface area contributed by atoms with E-state index in [1.165, 1.54) is 0 Å². The summed E-state index contributed by atoms with van der Waals surface area (Å²) in [4.78, 5) is 12.2. The number of nitrogens with zero attached hydrogens (tertiary/aromatic N) is 3. The van der Waals surface area contributed by atoms with Crippen LogP contribution in [0.5, 0.6) is 0 Å². The molecule has 0 saturated carbocycles. The van der Waals surface area contributed by atoms with Crippen molar-refractivity contribution >= 4 is 35.3 Å². The highest BCUT2D eigenvalue weighted by molar-refractivity contribution is 7.99. The maximum absolute atomic E-state index is 5.82. The first-order valence-corrected chi connectivity index (χ1v) is 7.01. The molecule has 17 heavy (non-hydrogen) atoms. The van der Waals surface area contributed by atoms with E-state index in [4.69, 9.17) is 11.6 Å². The first-order chi connectivity index (χ1) is 7.96. The molecule has 0 aliphatic carbocycles. The molecule has 2 N–H and O–H groups in total. The molecule has 0 fully saturated rings. The number of halogens is 1. The SMILES string of the molecule is CCNc1nc(Cl)nc(NCC(C)(C)SC)n1. The Hall–Kier alpha value is -0.750. The third kappa shape index (κ3) is 4.95. The molecule has 0 aliphatic rings. The number of aromatic nitrogens is 3. The molecule has 5 nitrogen and oxygen atoms in total. The first-order valence-electron chi connectivity index (χ1n) is 5.41. The lowest BCUT2D eigenvalue weighted by molar-refractivity contribution is 0.745. The van der Waals surface area contributed by atoms with E-state index < -0.39 is 0 Å². The Bertz CT molecular complexity index is 372. The summed E-state index contributed by atoms with van der Waals surface area (Å²) in [5.74, 6) is 1.00. The summed E-state index contributed by atoms with van der Waals surface area (Å²) in [5.41, 5.74) is 0. The van der Waals surface area contributed by atoms with Crippen LogP contribution in [-0.4, -0.2) is 39.0 Å². The van der Waals surface area contributed by atoms with Crippen molar-refractivity contribution in [3.05, 3.63) is 5.28 Å². The van der Waals surface area contributed by atoms with Gasteiger partial charge in [0.25, 0.3) is 0 Å². The van der Waals surface area contributed by atoms with E-state index in [-0.39, 0.29) is 10.0 Å². The summed E-state index contributed by atoms with van der Waals surface area (Å²) < 4.78 is 0.122. The van der Waals surface area contributed by atoms with Gasteiger partial charge in [-0.3, -0.25) is 0 Å². The third-order valence-corrected chi connectivity index (χ3v) is 3.59. The van der Waals surface area contributed by atoms with Gasteiger partial charge in [-0.05, 0) is 38.6 Å². The van der Waals surface area contributed by atoms with Gasteiger partial charge in [-0.2, -0.15) is 26.7 Å². The van der Waals surface area contributed by atoms with Crippen molar-refractivity contribution in [2.45, 2.75) is 25.5 Å². The highest BCUT2D eigenvalue weighted by atomic mass is 35.5. The standard InChI is InChI=1S/C10H18ClN5S/c1-5-12-8-14-7(11)15-9(16-8)13-6-10(2,3)17-4/h5-6H2,1-4H3,(H2,12,13,14,15,16). The molecular weight excluding hydrogens is 258 g/mol. The van der Waals surface area contributed by atoms with Crippen molar-refractivity contribution in [2.75, 3.05) is 30.0 Å². The number of rotatable bonds is 6. The van der Waals surface area contributed by atoms with Crippen LogP contribution in [0.1, 0.15) is 20.8 Å². The van der Waals surface area contributed by atoms with E-state index in [9.17, 15) is 0 Å². The van der Waals surface area contributed by atoms with Crippen molar-refractivity contribution < 1.29 is 0 Å². The lowest BCUT2D eigenvalue weighted by atomic mass is 10.2. The Morgan fingerprint density at radius 2 is 1.76 bits per heavy atom. The average molecular weight is 276 g/mol. The minimum Gasteiger partial charge on any atom is -0.354 e. The van der Waals surface area contributed by atoms with Crippen LogP contribution in [-0.2, 0) is 0 Å². The second-order valence-corrected chi connectivity index (χ2v) is 5.95. The topological polar surface area (TPSA) is 62.7 Å². The van der Waals surface area contributed by atoms with Gasteiger partial charge in [0.2, 0.25) is 17.2 Å². The molecule has 7 heteroatoms. The van der Waals surface area contributed by atoms with Crippen molar-refractivity contribution in [2.24, 2.45) is 0 Å². The van der Waals surface area contributed by atoms with Gasteiger partial charge in [-0.15, -0.1) is 0 Å². The smallest absolute Gasteiger partial charge is 0.228 e. The Labute approximate surface area is 111 Å². The third-order valence-electron chi connectivity index (χ3n) is 2.17. The maximum Gasteiger partial charge on any atom is 0.228 e. The summed E-state index contributed by atoms with van der Waals surface area (Å²) in [6.07, 6.45) is 2.08. The van der Waals surface area contributed by atoms with E-state index in [0.717, 1.165) is 13.1 Å². The van der Waals surface area contributed by atoms with Crippen LogP contribution in [0.2, 0.25) is 5.28 Å². The fourth-order valence-corrected chi connectivity index (χ4v) is 1.41. The molecule has 1 aromatic rings. The predicted molar refractivity (Wildman–Crippen MR) is 75.1 cm³/mol. The Balaban J connectivity index is 2.70. The van der Waals surface area contributed by atoms with E-state index in [0.29, 0.717) is 11.9 Å². The molecule has 0 atom stereocenters. The van der Waals surface area contributed by atoms with Crippen molar-refractivity contribution in [1.82, 2.24) is 15.0 Å². The number of hydrogen-bond donors (Lipinski definition) is 2. The quantitative estimate of drug-likeness (QED) is 0.832. The zero-order valence-corrected chi connectivity index (χ0v) is 12.1. The normalized spacial score (nSPS) is 11.4. The van der Waals surface area contributed by atoms with Gasteiger partial charge in [0.1, 0.15) is 0 Å². The predicted octanol–water partition coefficient (Wildman–Crippen LogP) is 2.51. The average Bonchev–Trinajstić information content (AvgIpc) is 2.26. The van der Waals surface area contributed by atoms with Crippen LogP contribution in [0.4, 0.5) is 11.9 Å². The van der Waals surface area contributed by atoms with Crippen LogP contribution in [0.25, 0.3) is 0 Å². The number of thioether (sulfide) groups is 1. The molecular formula is C10H18ClN5S. The van der Waals surface area contributed by atoms with Crippen LogP contribution in [0, 0.1) is 0 Å². The highest BCUT2D eigenvalue weighted by Gasteiger charge is 2.16. The molecule has 0 aliphatic heterocycles. The van der Waals surface area contributed by atoms with Gasteiger partial charge in [0.05, 0.1) is 0 Å². The molecule has 1 aromatic heterocycles. The summed E-state index contributed by atoms with van der Waals surface area (Å²) in [5, 5.41) is 6.37. The van der Waals surface area contributed by atoms with Crippen LogP contribution in [0.15, 0.2) is 0 Å². The number of anilines is 2. The zero-order valence-electron chi connectivity index (χ0n) is 10.5. The second-order valence-electron chi connectivity index (χ2n) is 4.10. The maximum atomic E-state index is 5.82. The molecule has 1 rings (SSSR count). The first kappa shape index (κ1) is 14.3. The van der Waals surface area contributed by atoms with E-state index >= 15 is 0 Å². The monoisotopic (exact) mass is 275 g/mol. The minimum atomic E-state index is 0.122. The number of hydrogen-bond acceptors (Lipinski definition) is 6. The highest BCUT2D eigenvalue weighted by Crippen LogP contribution is 2.21. The fraction of sp³-hybridized carbons (Fsp3) is 0.700. The minimum absolute atomic E-state index is 0.122. The Morgan fingerprint density at radius 3 is 2.29 bits per heavy atom. The van der Waals surface area contributed by atoms with Crippen LogP contribution in [0.3, 0.4) is 0 Å². The molecule has 0 radical (unpaired) electrons. The summed E-state index contributed by atoms with van der Waals surface area (Å²) in [6, 6.07) is 0. The van der Waals surface area contributed by atoms with Gasteiger partial charge >= 0.3 is 0 Å². The molecule has 0 spiro atoms. The van der Waals surface area contributed by atoms with Gasteiger partial charge in [0, 0.05) is 17.8 Å². The molecule has 0 bridgehead atoms. The molecule has 0 unspecified atom stereocenters. The van der Waals surface area contributed by atoms with E-state index in [1.54, 1.807) is 11.8 Å². The lowest BCUT2D eigenvalue weighted by Gasteiger charge is -2.22. The lowest BCUT2D eigenvalue weighted by Crippen LogP contribution is -2.26. The van der Waals surface area contributed by atoms with Crippen molar-refractivity contribution in [1.29, 1.82) is 0 Å². The van der Waals surface area contributed by atoms with E-state index in [2.05, 4.69) is 45.7 Å². The zero-order chi connectivity index (χ0) is 12.9. The van der Waals surface area contributed by atoms with Gasteiger partial charge in [-0.1, -0.05) is 0 Å². The molecule has 0 aromatic carbocycles. The van der Waals surface area contributed by atoms with E-state index in [1.807, 2.05) is 6.92 Å². The van der Waals surface area contributed by atoms with Crippen molar-refractivity contribution in [3.8, 4) is 0 Å². The largest absolute Gasteiger partial charge is 0.354 e.